The Hall–Kier alpha value is -2.56. The van der Waals surface area contributed by atoms with E-state index in [4.69, 9.17) is 16.3 Å². The van der Waals surface area contributed by atoms with Crippen molar-refractivity contribution in [2.75, 3.05) is 57.3 Å². The maximum atomic E-state index is 13.4. The Labute approximate surface area is 249 Å². The summed E-state index contributed by atoms with van der Waals surface area (Å²) in [5, 5.41) is 8.51. The number of carbonyl (C=O) groups is 2. The molecule has 3 heterocycles. The summed E-state index contributed by atoms with van der Waals surface area (Å²) in [6, 6.07) is 8.17. The summed E-state index contributed by atoms with van der Waals surface area (Å²) in [6.07, 6.45) is 5.80. The van der Waals surface area contributed by atoms with Crippen molar-refractivity contribution in [3.63, 3.8) is 0 Å². The molecule has 1 saturated carbocycles. The van der Waals surface area contributed by atoms with Crippen molar-refractivity contribution in [3.05, 3.63) is 29.3 Å². The van der Waals surface area contributed by atoms with Gasteiger partial charge in [0, 0.05) is 82.0 Å². The van der Waals surface area contributed by atoms with Crippen LogP contribution in [0.5, 0.6) is 0 Å². The van der Waals surface area contributed by atoms with Gasteiger partial charge in [0.1, 0.15) is 5.84 Å². The molecule has 3 aliphatic heterocycles. The van der Waals surface area contributed by atoms with Gasteiger partial charge in [-0.25, -0.2) is 0 Å². The molecule has 0 aromatic heterocycles. The number of fused-ring (bicyclic) bond motifs is 3. The largest absolute Gasteiger partial charge is 0.379 e. The van der Waals surface area contributed by atoms with Crippen LogP contribution in [0.25, 0.3) is 0 Å². The first-order chi connectivity index (χ1) is 19.9. The van der Waals surface area contributed by atoms with E-state index in [-0.39, 0.29) is 36.2 Å². The standard InChI is InChI=1S/C30H46ClN7O3/c1-22(2)41-20-6-14-37-29(40)25-9-3-4-10-26(25)38-27(33-34-30(37)38)11-12-28(39)32-13-15-35-16-18-36(19-17-35)24-8-5-7-23(31)21-24/h5,7-8,21-22,25-26,30,34H,3-4,6,9-20H2,1-2H3,(H,32,39). The minimum absolute atomic E-state index is 0.00397. The molecule has 41 heavy (non-hydrogen) atoms. The second kappa shape index (κ2) is 14.1. The molecule has 4 aliphatic rings. The molecule has 0 spiro atoms. The SMILES string of the molecule is CC(C)OCCCN1C(=O)C2CCCCC2N2C(CCC(=O)NCCN3CCN(c4cccc(Cl)c4)CC3)=NNC12. The van der Waals surface area contributed by atoms with Crippen LogP contribution in [0, 0.1) is 5.92 Å². The molecule has 3 fully saturated rings. The minimum Gasteiger partial charge on any atom is -0.379 e. The number of amides is 2. The van der Waals surface area contributed by atoms with E-state index in [0.717, 1.165) is 81.4 Å². The zero-order valence-corrected chi connectivity index (χ0v) is 25.3. The first-order valence-corrected chi connectivity index (χ1v) is 15.8. The minimum atomic E-state index is -0.260. The van der Waals surface area contributed by atoms with Gasteiger partial charge >= 0.3 is 0 Å². The summed E-state index contributed by atoms with van der Waals surface area (Å²) in [5.74, 6) is 1.18. The third kappa shape index (κ3) is 7.45. The van der Waals surface area contributed by atoms with Gasteiger partial charge in [0.05, 0.1) is 12.0 Å². The molecule has 1 aromatic rings. The Balaban J connectivity index is 1.06. The Morgan fingerprint density at radius 1 is 1.17 bits per heavy atom. The van der Waals surface area contributed by atoms with Gasteiger partial charge in [-0.1, -0.05) is 30.5 Å². The lowest BCUT2D eigenvalue weighted by molar-refractivity contribution is -0.155. The number of hydrogen-bond acceptors (Lipinski definition) is 8. The van der Waals surface area contributed by atoms with Gasteiger partial charge in [-0.05, 0) is 51.3 Å². The third-order valence-electron chi connectivity index (χ3n) is 8.72. The van der Waals surface area contributed by atoms with Gasteiger partial charge in [-0.3, -0.25) is 19.9 Å². The third-order valence-corrected chi connectivity index (χ3v) is 8.95. The predicted octanol–water partition coefficient (Wildman–Crippen LogP) is 3.08. The number of amidine groups is 1. The number of piperazine rings is 1. The number of ether oxygens (including phenoxy) is 1. The van der Waals surface area contributed by atoms with E-state index in [2.05, 4.69) is 36.6 Å². The van der Waals surface area contributed by atoms with E-state index in [1.54, 1.807) is 0 Å². The molecule has 0 radical (unpaired) electrons. The van der Waals surface area contributed by atoms with Crippen LogP contribution in [-0.4, -0.2) is 103 Å². The first-order valence-electron chi connectivity index (χ1n) is 15.4. The Bertz CT molecular complexity index is 1080. The molecular formula is C30H46ClN7O3. The highest BCUT2D eigenvalue weighted by Crippen LogP contribution is 2.37. The molecular weight excluding hydrogens is 542 g/mol. The lowest BCUT2D eigenvalue weighted by Gasteiger charge is -2.50. The topological polar surface area (TPSA) is 92.8 Å². The lowest BCUT2D eigenvalue weighted by atomic mass is 9.80. The highest BCUT2D eigenvalue weighted by molar-refractivity contribution is 6.30. The molecule has 2 amide bonds. The van der Waals surface area contributed by atoms with Gasteiger partial charge in [-0.15, -0.1) is 0 Å². The summed E-state index contributed by atoms with van der Waals surface area (Å²) in [6.45, 7) is 10.6. The van der Waals surface area contributed by atoms with Gasteiger partial charge in [-0.2, -0.15) is 5.10 Å². The summed E-state index contributed by atoms with van der Waals surface area (Å²) in [5.41, 5.74) is 4.39. The molecule has 5 rings (SSSR count). The number of hydrogen-bond donors (Lipinski definition) is 2. The second-order valence-electron chi connectivity index (χ2n) is 11.9. The monoisotopic (exact) mass is 587 g/mol. The van der Waals surface area contributed by atoms with Crippen LogP contribution < -0.4 is 15.6 Å². The number of halogens is 1. The van der Waals surface area contributed by atoms with Gasteiger partial charge in [0.15, 0.2) is 6.29 Å². The van der Waals surface area contributed by atoms with Crippen LogP contribution in [0.2, 0.25) is 5.02 Å². The van der Waals surface area contributed by atoms with Crippen molar-refractivity contribution in [2.24, 2.45) is 11.0 Å². The van der Waals surface area contributed by atoms with Crippen molar-refractivity contribution < 1.29 is 14.3 Å². The zero-order chi connectivity index (χ0) is 28.8. The van der Waals surface area contributed by atoms with Crippen LogP contribution in [0.1, 0.15) is 58.8 Å². The fourth-order valence-electron chi connectivity index (χ4n) is 6.59. The average molecular weight is 588 g/mol. The number of nitrogens with one attached hydrogen (secondary N) is 2. The van der Waals surface area contributed by atoms with Crippen molar-refractivity contribution in [2.45, 2.75) is 77.2 Å². The van der Waals surface area contributed by atoms with Crippen LogP contribution in [0.3, 0.4) is 0 Å². The molecule has 2 saturated heterocycles. The van der Waals surface area contributed by atoms with E-state index in [1.807, 2.05) is 36.9 Å². The summed E-state index contributed by atoms with van der Waals surface area (Å²) < 4.78 is 5.72. The smallest absolute Gasteiger partial charge is 0.230 e. The number of carbonyl (C=O) groups excluding carboxylic acids is 2. The number of hydrazone groups is 1. The molecule has 11 heteroatoms. The van der Waals surface area contributed by atoms with Crippen molar-refractivity contribution >= 4 is 34.9 Å². The maximum Gasteiger partial charge on any atom is 0.230 e. The summed E-state index contributed by atoms with van der Waals surface area (Å²) in [7, 11) is 0. The fourth-order valence-corrected chi connectivity index (χ4v) is 6.78. The van der Waals surface area contributed by atoms with E-state index < -0.39 is 0 Å². The fraction of sp³-hybridized carbons (Fsp3) is 0.700. The molecule has 3 unspecified atom stereocenters. The molecule has 1 aliphatic carbocycles. The number of benzene rings is 1. The van der Waals surface area contributed by atoms with Crippen molar-refractivity contribution in [1.82, 2.24) is 25.4 Å². The lowest BCUT2D eigenvalue weighted by Crippen LogP contribution is -2.67. The molecule has 10 nitrogen and oxygen atoms in total. The average Bonchev–Trinajstić information content (AvgIpc) is 3.40. The van der Waals surface area contributed by atoms with Crippen molar-refractivity contribution in [1.29, 1.82) is 0 Å². The Morgan fingerprint density at radius 2 is 1.98 bits per heavy atom. The quantitative estimate of drug-likeness (QED) is 0.363. The molecule has 1 aromatic carbocycles. The van der Waals surface area contributed by atoms with E-state index in [0.29, 0.717) is 32.5 Å². The van der Waals surface area contributed by atoms with Crippen molar-refractivity contribution in [3.8, 4) is 0 Å². The van der Waals surface area contributed by atoms with Crippen LogP contribution >= 0.6 is 11.6 Å². The predicted molar refractivity (Wildman–Crippen MR) is 162 cm³/mol. The molecule has 226 valence electrons. The van der Waals surface area contributed by atoms with Gasteiger partial charge in [0.25, 0.3) is 0 Å². The normalized spacial score (nSPS) is 24.7. The molecule has 0 bridgehead atoms. The zero-order valence-electron chi connectivity index (χ0n) is 24.6. The number of anilines is 1. The second-order valence-corrected chi connectivity index (χ2v) is 12.3. The number of rotatable bonds is 12. The van der Waals surface area contributed by atoms with Gasteiger partial charge in [0.2, 0.25) is 11.8 Å². The first kappa shape index (κ1) is 29.9. The Morgan fingerprint density at radius 3 is 2.76 bits per heavy atom. The highest BCUT2D eigenvalue weighted by Gasteiger charge is 2.50. The number of nitrogens with zero attached hydrogens (tertiary/aromatic N) is 5. The summed E-state index contributed by atoms with van der Waals surface area (Å²) >= 11 is 6.16. The van der Waals surface area contributed by atoms with Crippen LogP contribution in [0.4, 0.5) is 5.69 Å². The molecule has 2 N–H and O–H groups in total. The van der Waals surface area contributed by atoms with Gasteiger partial charge < -0.3 is 24.8 Å². The van der Waals surface area contributed by atoms with Crippen LogP contribution in [-0.2, 0) is 14.3 Å². The highest BCUT2D eigenvalue weighted by atomic mass is 35.5. The maximum absolute atomic E-state index is 13.4. The summed E-state index contributed by atoms with van der Waals surface area (Å²) in [4.78, 5) is 35.2. The Kier molecular flexibility index (Phi) is 10.3. The van der Waals surface area contributed by atoms with Crippen LogP contribution in [0.15, 0.2) is 29.4 Å². The van der Waals surface area contributed by atoms with E-state index >= 15 is 0 Å². The molecule has 3 atom stereocenters. The van der Waals surface area contributed by atoms with E-state index in [1.165, 1.54) is 0 Å². The van der Waals surface area contributed by atoms with E-state index in [9.17, 15) is 9.59 Å².